The summed E-state index contributed by atoms with van der Waals surface area (Å²) in [6.45, 7) is 1.60. The summed E-state index contributed by atoms with van der Waals surface area (Å²) in [5.74, 6) is 0.664. The number of benzene rings is 1. The second-order valence-electron chi connectivity index (χ2n) is 9.06. The Morgan fingerprint density at radius 2 is 2.03 bits per heavy atom. The van der Waals surface area contributed by atoms with E-state index in [2.05, 4.69) is 44.9 Å². The Kier molecular flexibility index (Phi) is 4.38. The first-order valence-corrected chi connectivity index (χ1v) is 11.7. The Labute approximate surface area is 194 Å². The van der Waals surface area contributed by atoms with E-state index in [0.29, 0.717) is 23.9 Å². The van der Waals surface area contributed by atoms with Gasteiger partial charge >= 0.3 is 0 Å². The molecule has 0 saturated carbocycles. The van der Waals surface area contributed by atoms with Crippen LogP contribution in [0.4, 0.5) is 10.3 Å². The molecular formula is C25H23FN8. The van der Waals surface area contributed by atoms with Crippen molar-refractivity contribution < 1.29 is 4.39 Å². The van der Waals surface area contributed by atoms with Gasteiger partial charge in [-0.25, -0.2) is 9.37 Å². The number of aromatic amines is 1. The molecule has 8 nitrogen and oxygen atoms in total. The quantitative estimate of drug-likeness (QED) is 0.387. The van der Waals surface area contributed by atoms with Crippen LogP contribution in [0.25, 0.3) is 27.9 Å². The smallest absolute Gasteiger partial charge is 0.228 e. The second-order valence-corrected chi connectivity index (χ2v) is 9.06. The molecule has 1 aliphatic carbocycles. The lowest BCUT2D eigenvalue weighted by Gasteiger charge is -2.24. The number of hydrogen-bond donors (Lipinski definition) is 3. The standard InChI is InChI=1S/C25H23FN8/c26-15-9-14(11-28-12-15)23-31-24-19-13-27-8-7-22(19)33-34(24)25(32-23)29-16-5-6-21-18(10-16)17-3-1-2-4-20(17)30-21/h1-4,9,11-12,16,27,30H,5-8,10,13H2,(H,29,31,32)/t16-/m1/s1. The molecule has 0 unspecified atom stereocenters. The van der Waals surface area contributed by atoms with Crippen LogP contribution in [-0.2, 0) is 25.8 Å². The maximum atomic E-state index is 13.9. The number of rotatable bonds is 3. The topological polar surface area (TPSA) is 95.8 Å². The van der Waals surface area contributed by atoms with Crippen molar-refractivity contribution >= 4 is 22.5 Å². The molecule has 4 aromatic heterocycles. The molecule has 9 heteroatoms. The van der Waals surface area contributed by atoms with E-state index in [1.807, 2.05) is 4.52 Å². The Balaban J connectivity index is 1.31. The fraction of sp³-hybridized carbons (Fsp3) is 0.280. The van der Waals surface area contributed by atoms with Crippen LogP contribution >= 0.6 is 0 Å². The summed E-state index contributed by atoms with van der Waals surface area (Å²) < 4.78 is 15.7. The lowest BCUT2D eigenvalue weighted by molar-refractivity contribution is 0.599. The molecule has 1 aromatic carbocycles. The van der Waals surface area contributed by atoms with E-state index in [4.69, 9.17) is 15.1 Å². The van der Waals surface area contributed by atoms with E-state index in [9.17, 15) is 4.39 Å². The molecule has 170 valence electrons. The van der Waals surface area contributed by atoms with Crippen LogP contribution in [0.15, 0.2) is 42.7 Å². The Hall–Kier alpha value is -3.85. The first kappa shape index (κ1) is 19.6. The van der Waals surface area contributed by atoms with Crippen molar-refractivity contribution in [2.45, 2.75) is 38.3 Å². The zero-order valence-corrected chi connectivity index (χ0v) is 18.5. The summed E-state index contributed by atoms with van der Waals surface area (Å²) in [7, 11) is 0. The number of fused-ring (bicyclic) bond motifs is 6. The van der Waals surface area contributed by atoms with Crippen LogP contribution in [0.2, 0.25) is 0 Å². The molecule has 0 amide bonds. The second kappa shape index (κ2) is 7.59. The van der Waals surface area contributed by atoms with E-state index < -0.39 is 5.82 Å². The largest absolute Gasteiger partial charge is 0.358 e. The van der Waals surface area contributed by atoms with E-state index in [0.717, 1.165) is 49.1 Å². The Bertz CT molecular complexity index is 1550. The molecule has 0 fully saturated rings. The first-order chi connectivity index (χ1) is 16.7. The number of H-pyrrole nitrogens is 1. The van der Waals surface area contributed by atoms with Gasteiger partial charge in [-0.15, -0.1) is 0 Å². The summed E-state index contributed by atoms with van der Waals surface area (Å²) in [4.78, 5) is 17.2. The zero-order valence-electron chi connectivity index (χ0n) is 18.5. The van der Waals surface area contributed by atoms with Gasteiger partial charge in [0.2, 0.25) is 5.95 Å². The highest BCUT2D eigenvalue weighted by Gasteiger charge is 2.26. The molecular weight excluding hydrogens is 431 g/mol. The van der Waals surface area contributed by atoms with E-state index in [1.54, 1.807) is 6.20 Å². The number of anilines is 1. The third kappa shape index (κ3) is 3.15. The van der Waals surface area contributed by atoms with Gasteiger partial charge in [-0.05, 0) is 37.0 Å². The third-order valence-corrected chi connectivity index (χ3v) is 6.90. The lowest BCUT2D eigenvalue weighted by atomic mass is 9.91. The Morgan fingerprint density at radius 3 is 2.97 bits per heavy atom. The average molecular weight is 455 g/mol. The number of nitrogens with zero attached hydrogens (tertiary/aromatic N) is 5. The number of pyridine rings is 1. The van der Waals surface area contributed by atoms with E-state index in [-0.39, 0.29) is 6.04 Å². The van der Waals surface area contributed by atoms with Gasteiger partial charge in [0, 0.05) is 59.5 Å². The summed E-state index contributed by atoms with van der Waals surface area (Å²) >= 11 is 0. The minimum atomic E-state index is -0.410. The van der Waals surface area contributed by atoms with Crippen molar-refractivity contribution in [2.24, 2.45) is 0 Å². The maximum Gasteiger partial charge on any atom is 0.228 e. The van der Waals surface area contributed by atoms with E-state index in [1.165, 1.54) is 34.4 Å². The Morgan fingerprint density at radius 1 is 1.09 bits per heavy atom. The van der Waals surface area contributed by atoms with Gasteiger partial charge in [0.05, 0.1) is 11.9 Å². The maximum absolute atomic E-state index is 13.9. The van der Waals surface area contributed by atoms with E-state index >= 15 is 0 Å². The molecule has 0 bridgehead atoms. The lowest BCUT2D eigenvalue weighted by Crippen LogP contribution is -2.29. The number of para-hydroxylation sites is 1. The van der Waals surface area contributed by atoms with Crippen molar-refractivity contribution in [3.8, 4) is 11.4 Å². The van der Waals surface area contributed by atoms with Crippen LogP contribution in [0.3, 0.4) is 0 Å². The molecule has 34 heavy (non-hydrogen) atoms. The van der Waals surface area contributed by atoms with Crippen LogP contribution in [0.5, 0.6) is 0 Å². The van der Waals surface area contributed by atoms with Crippen LogP contribution < -0.4 is 10.6 Å². The summed E-state index contributed by atoms with van der Waals surface area (Å²) in [6.07, 6.45) is 6.47. The number of aryl methyl sites for hydroxylation is 1. The van der Waals surface area contributed by atoms with Crippen molar-refractivity contribution in [2.75, 3.05) is 11.9 Å². The van der Waals surface area contributed by atoms with Gasteiger partial charge in [-0.2, -0.15) is 14.6 Å². The summed E-state index contributed by atoms with van der Waals surface area (Å²) in [5, 5.41) is 13.2. The predicted molar refractivity (Wildman–Crippen MR) is 127 cm³/mol. The van der Waals surface area contributed by atoms with Gasteiger partial charge < -0.3 is 15.6 Å². The summed E-state index contributed by atoms with van der Waals surface area (Å²) in [6, 6.07) is 10.1. The molecule has 1 atom stereocenters. The highest BCUT2D eigenvalue weighted by molar-refractivity contribution is 5.85. The molecule has 2 aliphatic rings. The van der Waals surface area contributed by atoms with Crippen molar-refractivity contribution in [3.05, 3.63) is 71.1 Å². The number of hydrogen-bond acceptors (Lipinski definition) is 6. The van der Waals surface area contributed by atoms with Crippen molar-refractivity contribution in [1.82, 2.24) is 34.9 Å². The molecule has 0 spiro atoms. The molecule has 3 N–H and O–H groups in total. The fourth-order valence-corrected chi connectivity index (χ4v) is 5.25. The molecule has 1 aliphatic heterocycles. The fourth-order valence-electron chi connectivity index (χ4n) is 5.25. The molecule has 0 radical (unpaired) electrons. The first-order valence-electron chi connectivity index (χ1n) is 11.7. The van der Waals surface area contributed by atoms with Crippen LogP contribution in [0, 0.1) is 5.82 Å². The molecule has 5 heterocycles. The minimum Gasteiger partial charge on any atom is -0.358 e. The van der Waals surface area contributed by atoms with Gasteiger partial charge in [0.15, 0.2) is 11.5 Å². The number of nitrogens with one attached hydrogen (secondary N) is 3. The van der Waals surface area contributed by atoms with Gasteiger partial charge in [-0.3, -0.25) is 4.98 Å². The predicted octanol–water partition coefficient (Wildman–Crippen LogP) is 3.42. The highest BCUT2D eigenvalue weighted by Crippen LogP contribution is 2.31. The van der Waals surface area contributed by atoms with Crippen molar-refractivity contribution in [1.29, 1.82) is 0 Å². The van der Waals surface area contributed by atoms with Crippen LogP contribution in [0.1, 0.15) is 28.9 Å². The molecule has 5 aromatic rings. The monoisotopic (exact) mass is 454 g/mol. The normalized spacial score (nSPS) is 17.6. The molecule has 0 saturated heterocycles. The zero-order chi connectivity index (χ0) is 22.6. The highest BCUT2D eigenvalue weighted by atomic mass is 19.1. The minimum absolute atomic E-state index is 0.197. The number of aromatic nitrogens is 6. The van der Waals surface area contributed by atoms with Gasteiger partial charge in [-0.1, -0.05) is 18.2 Å². The summed E-state index contributed by atoms with van der Waals surface area (Å²) in [5.41, 5.74) is 7.28. The van der Waals surface area contributed by atoms with Crippen LogP contribution in [-0.4, -0.2) is 42.1 Å². The molecule has 7 rings (SSSR count). The third-order valence-electron chi connectivity index (χ3n) is 6.90. The van der Waals surface area contributed by atoms with Crippen molar-refractivity contribution in [3.63, 3.8) is 0 Å². The average Bonchev–Trinajstić information content (AvgIpc) is 3.42. The van der Waals surface area contributed by atoms with Gasteiger partial charge in [0.1, 0.15) is 5.82 Å². The van der Waals surface area contributed by atoms with Gasteiger partial charge in [0.25, 0.3) is 0 Å². The SMILES string of the molecule is Fc1cncc(-c2nc(N[C@@H]3CCc4[nH]c5ccccc5c4C3)n3nc4c(c3n2)CNCC4)c1. The number of halogens is 1.